The molecule has 258 valence electrons. The third-order valence-electron chi connectivity index (χ3n) is 8.52. The van der Waals surface area contributed by atoms with Crippen molar-refractivity contribution in [2.45, 2.75) is 200 Å². The number of halogens is 1. The predicted molar refractivity (Wildman–Crippen MR) is 199 cm³/mol. The van der Waals surface area contributed by atoms with Crippen LogP contribution in [0.4, 0.5) is 0 Å². The number of allylic oxidation sites excluding steroid dienone is 8. The molecule has 0 aromatic rings. The lowest BCUT2D eigenvalue weighted by atomic mass is 9.98. The lowest BCUT2D eigenvalue weighted by molar-refractivity contribution is -0.248. The highest BCUT2D eigenvalue weighted by Gasteiger charge is 2.31. The Morgan fingerprint density at radius 1 is 0.500 bits per heavy atom. The first-order valence-corrected chi connectivity index (χ1v) is 19.6. The van der Waals surface area contributed by atoms with Crippen LogP contribution in [0.5, 0.6) is 0 Å². The van der Waals surface area contributed by atoms with Crippen molar-refractivity contribution in [3.63, 3.8) is 0 Å². The molecule has 0 rings (SSSR count). The fourth-order valence-corrected chi connectivity index (χ4v) is 5.72. The molecule has 0 bridgehead atoms. The van der Waals surface area contributed by atoms with Gasteiger partial charge in [0.15, 0.2) is 5.79 Å². The normalized spacial score (nSPS) is 13.5. The zero-order valence-electron chi connectivity index (χ0n) is 30.0. The quantitative estimate of drug-likeness (QED) is 0.0303. The highest BCUT2D eigenvalue weighted by Crippen LogP contribution is 2.30. The molecule has 44 heavy (non-hydrogen) atoms. The summed E-state index contributed by atoms with van der Waals surface area (Å²) in [5, 5.41) is 0. The molecule has 3 heteroatoms. The summed E-state index contributed by atoms with van der Waals surface area (Å²) in [6.07, 6.45) is 51.2. The van der Waals surface area contributed by atoms with Crippen LogP contribution in [-0.2, 0) is 9.47 Å². The Morgan fingerprint density at radius 2 is 0.841 bits per heavy atom. The molecule has 0 amide bonds. The Labute approximate surface area is 281 Å². The van der Waals surface area contributed by atoms with E-state index in [0.717, 1.165) is 38.5 Å². The number of hydrogen-bond acceptors (Lipinski definition) is 2. The van der Waals surface area contributed by atoms with E-state index in [0.29, 0.717) is 5.88 Å². The number of alkyl halides is 1. The summed E-state index contributed by atoms with van der Waals surface area (Å²) < 4.78 is 12.5. The van der Waals surface area contributed by atoms with Crippen LogP contribution in [0.2, 0.25) is 0 Å². The van der Waals surface area contributed by atoms with Crippen LogP contribution in [0.3, 0.4) is 0 Å². The van der Waals surface area contributed by atoms with Crippen LogP contribution in [0.15, 0.2) is 48.6 Å². The molecule has 0 aromatic heterocycles. The van der Waals surface area contributed by atoms with E-state index in [4.69, 9.17) is 21.1 Å². The Balaban J connectivity index is 3.99. The van der Waals surface area contributed by atoms with E-state index in [1.54, 1.807) is 0 Å². The molecule has 0 aromatic carbocycles. The molecule has 0 saturated carbocycles. The standard InChI is InChI=1S/C41H75ClO2/c1-5-7-9-11-13-15-17-19-21-23-25-27-29-31-33-35-37-41(43-4,44-40(3)39-42)38-36-34-32-30-28-26-24-22-20-18-16-14-12-10-8-6-2/h13-16,19-22,40H,5-12,17-18,23-39H2,1-4H3/b15-13-,16-14-,21-19-,22-20-/t40-/m0/s1. The van der Waals surface area contributed by atoms with E-state index in [1.807, 2.05) is 7.11 Å². The Hall–Kier alpha value is -0.830. The third-order valence-corrected chi connectivity index (χ3v) is 8.96. The molecule has 0 fully saturated rings. The molecule has 0 aliphatic rings. The van der Waals surface area contributed by atoms with Gasteiger partial charge >= 0.3 is 0 Å². The van der Waals surface area contributed by atoms with Crippen LogP contribution >= 0.6 is 11.6 Å². The van der Waals surface area contributed by atoms with Gasteiger partial charge in [-0.25, -0.2) is 0 Å². The number of unbranched alkanes of at least 4 members (excludes halogenated alkanes) is 18. The first-order chi connectivity index (χ1) is 21.6. The molecule has 0 radical (unpaired) electrons. The highest BCUT2D eigenvalue weighted by atomic mass is 35.5. The first kappa shape index (κ1) is 43.2. The maximum atomic E-state index is 6.41. The largest absolute Gasteiger partial charge is 0.353 e. The van der Waals surface area contributed by atoms with Gasteiger partial charge in [0.05, 0.1) is 6.10 Å². The second-order valence-electron chi connectivity index (χ2n) is 12.9. The monoisotopic (exact) mass is 635 g/mol. The molecule has 0 N–H and O–H groups in total. The molecular formula is C41H75ClO2. The van der Waals surface area contributed by atoms with Gasteiger partial charge in [0.1, 0.15) is 0 Å². The fraction of sp³-hybridized carbons (Fsp3) is 0.805. The Morgan fingerprint density at radius 3 is 1.18 bits per heavy atom. The molecule has 2 nitrogen and oxygen atoms in total. The molecule has 0 aliphatic heterocycles. The van der Waals surface area contributed by atoms with Crippen molar-refractivity contribution >= 4 is 11.6 Å². The summed E-state index contributed by atoms with van der Waals surface area (Å²) in [5.74, 6) is 0.0390. The van der Waals surface area contributed by atoms with Gasteiger partial charge < -0.3 is 9.47 Å². The zero-order valence-corrected chi connectivity index (χ0v) is 30.7. The van der Waals surface area contributed by atoms with Crippen LogP contribution in [0.1, 0.15) is 188 Å². The van der Waals surface area contributed by atoms with Crippen molar-refractivity contribution < 1.29 is 9.47 Å². The fourth-order valence-electron chi connectivity index (χ4n) is 5.66. The SMILES string of the molecule is CCCCC/C=C\C/C=C\CCCCCCCCC(CCCCCCCC/C=C\C/C=C\CCCCC)(OC)O[C@@H](C)CCl. The molecular weight excluding hydrogens is 560 g/mol. The highest BCUT2D eigenvalue weighted by molar-refractivity contribution is 6.18. The topological polar surface area (TPSA) is 18.5 Å². The van der Waals surface area contributed by atoms with Gasteiger partial charge in [-0.05, 0) is 84.0 Å². The lowest BCUT2D eigenvalue weighted by Crippen LogP contribution is -2.38. The average Bonchev–Trinajstić information content (AvgIpc) is 3.04. The average molecular weight is 636 g/mol. The minimum atomic E-state index is -0.473. The molecule has 0 unspecified atom stereocenters. The summed E-state index contributed by atoms with van der Waals surface area (Å²) in [6, 6.07) is 0. The predicted octanol–water partition coefficient (Wildman–Crippen LogP) is 14.4. The third kappa shape index (κ3) is 29.9. The Kier molecular flexibility index (Phi) is 34.4. The van der Waals surface area contributed by atoms with Crippen LogP contribution in [-0.4, -0.2) is 24.9 Å². The molecule has 1 atom stereocenters. The number of hydrogen-bond donors (Lipinski definition) is 0. The number of ether oxygens (including phenoxy) is 2. The van der Waals surface area contributed by atoms with Crippen LogP contribution in [0, 0.1) is 0 Å². The van der Waals surface area contributed by atoms with Gasteiger partial charge in [-0.15, -0.1) is 11.6 Å². The number of methoxy groups -OCH3 is 1. The minimum Gasteiger partial charge on any atom is -0.353 e. The van der Waals surface area contributed by atoms with Crippen molar-refractivity contribution in [1.82, 2.24) is 0 Å². The van der Waals surface area contributed by atoms with E-state index in [2.05, 4.69) is 69.4 Å². The van der Waals surface area contributed by atoms with Gasteiger partial charge in [0.2, 0.25) is 0 Å². The summed E-state index contributed by atoms with van der Waals surface area (Å²) in [6.45, 7) is 6.59. The van der Waals surface area contributed by atoms with Crippen molar-refractivity contribution in [3.8, 4) is 0 Å². The van der Waals surface area contributed by atoms with Crippen molar-refractivity contribution in [2.24, 2.45) is 0 Å². The van der Waals surface area contributed by atoms with E-state index in [9.17, 15) is 0 Å². The summed E-state index contributed by atoms with van der Waals surface area (Å²) in [4.78, 5) is 0. The molecule has 0 heterocycles. The summed E-state index contributed by atoms with van der Waals surface area (Å²) in [7, 11) is 1.83. The first-order valence-electron chi connectivity index (χ1n) is 19.0. The van der Waals surface area contributed by atoms with Crippen LogP contribution < -0.4 is 0 Å². The Bertz CT molecular complexity index is 632. The van der Waals surface area contributed by atoms with E-state index < -0.39 is 5.79 Å². The van der Waals surface area contributed by atoms with Crippen molar-refractivity contribution in [2.75, 3.05) is 13.0 Å². The van der Waals surface area contributed by atoms with E-state index in [-0.39, 0.29) is 6.10 Å². The van der Waals surface area contributed by atoms with Gasteiger partial charge in [-0.3, -0.25) is 0 Å². The lowest BCUT2D eigenvalue weighted by Gasteiger charge is -2.35. The van der Waals surface area contributed by atoms with Gasteiger partial charge in [0.25, 0.3) is 0 Å². The van der Waals surface area contributed by atoms with E-state index >= 15 is 0 Å². The molecule has 0 saturated heterocycles. The molecule has 0 aliphatic carbocycles. The maximum Gasteiger partial charge on any atom is 0.168 e. The molecule has 0 spiro atoms. The zero-order chi connectivity index (χ0) is 32.2. The van der Waals surface area contributed by atoms with Gasteiger partial charge in [-0.1, -0.05) is 140 Å². The van der Waals surface area contributed by atoms with Crippen molar-refractivity contribution in [1.29, 1.82) is 0 Å². The van der Waals surface area contributed by atoms with Gasteiger partial charge in [0, 0.05) is 25.8 Å². The van der Waals surface area contributed by atoms with E-state index in [1.165, 1.54) is 128 Å². The van der Waals surface area contributed by atoms with Crippen LogP contribution in [0.25, 0.3) is 0 Å². The smallest absolute Gasteiger partial charge is 0.168 e. The van der Waals surface area contributed by atoms with Gasteiger partial charge in [-0.2, -0.15) is 0 Å². The summed E-state index contributed by atoms with van der Waals surface area (Å²) in [5.41, 5.74) is 0. The minimum absolute atomic E-state index is 0.0193. The summed E-state index contributed by atoms with van der Waals surface area (Å²) >= 11 is 6.12. The second-order valence-corrected chi connectivity index (χ2v) is 13.2. The second kappa shape index (κ2) is 35.0. The maximum absolute atomic E-state index is 6.41. The van der Waals surface area contributed by atoms with Crippen molar-refractivity contribution in [3.05, 3.63) is 48.6 Å². The number of rotatable bonds is 34.